The first-order chi connectivity index (χ1) is 9.98. The normalized spacial score (nSPS) is 20.7. The van der Waals surface area contributed by atoms with Crippen LogP contribution in [0.4, 0.5) is 11.4 Å². The van der Waals surface area contributed by atoms with Gasteiger partial charge in [-0.25, -0.2) is 0 Å². The van der Waals surface area contributed by atoms with Crippen molar-refractivity contribution in [3.05, 3.63) is 29.5 Å². The van der Waals surface area contributed by atoms with Crippen LogP contribution in [0.5, 0.6) is 0 Å². The van der Waals surface area contributed by atoms with E-state index in [4.69, 9.17) is 4.84 Å². The second-order valence-corrected chi connectivity index (χ2v) is 4.60. The molecule has 1 aliphatic rings. The van der Waals surface area contributed by atoms with Crippen molar-refractivity contribution in [1.29, 1.82) is 0 Å². The zero-order valence-electron chi connectivity index (χ0n) is 11.9. The lowest BCUT2D eigenvalue weighted by atomic mass is 10.2. The van der Waals surface area contributed by atoms with E-state index < -0.39 is 16.8 Å². The van der Waals surface area contributed by atoms with E-state index in [1.807, 2.05) is 6.92 Å². The Labute approximate surface area is 122 Å². The molecule has 2 N–H and O–H groups in total. The Balaban J connectivity index is 2.38. The van der Waals surface area contributed by atoms with Gasteiger partial charge in [0.1, 0.15) is 12.3 Å². The van der Waals surface area contributed by atoms with Gasteiger partial charge in [0.15, 0.2) is 0 Å². The summed E-state index contributed by atoms with van der Waals surface area (Å²) in [5.74, 6) is -0.399. The van der Waals surface area contributed by atoms with Gasteiger partial charge in [-0.05, 0) is 17.4 Å². The summed E-state index contributed by atoms with van der Waals surface area (Å²) in [4.78, 5) is 15.0. The van der Waals surface area contributed by atoms with Crippen LogP contribution in [0, 0.1) is 5.21 Å². The van der Waals surface area contributed by atoms with Crippen molar-refractivity contribution in [3.63, 3.8) is 0 Å². The van der Waals surface area contributed by atoms with Crippen LogP contribution in [0.15, 0.2) is 29.4 Å². The predicted octanol–water partition coefficient (Wildman–Crippen LogP) is 1.92. The molecule has 1 aliphatic heterocycles. The van der Waals surface area contributed by atoms with Crippen molar-refractivity contribution in [3.8, 4) is 0 Å². The maximum atomic E-state index is 12.7. The highest BCUT2D eigenvalue weighted by Crippen LogP contribution is 2.37. The number of nitrogens with one attached hydrogen (secondary N) is 1. The molecule has 8 heteroatoms. The Morgan fingerprint density at radius 1 is 1.52 bits per heavy atom. The molecule has 2 rings (SSSR count). The Hall–Kier alpha value is -2.16. The van der Waals surface area contributed by atoms with Crippen molar-refractivity contribution in [2.75, 3.05) is 11.6 Å². The third-order valence-electron chi connectivity index (χ3n) is 2.88. The van der Waals surface area contributed by atoms with E-state index in [0.717, 1.165) is 11.4 Å². The highest BCUT2D eigenvalue weighted by atomic mass is 17.0. The zero-order chi connectivity index (χ0) is 15.5. The molecule has 1 unspecified atom stereocenters. The fraction of sp³-hybridized carbons (Fsp3) is 0.385. The third kappa shape index (κ3) is 3.13. The van der Waals surface area contributed by atoms with Crippen LogP contribution in [-0.4, -0.2) is 23.6 Å². The van der Waals surface area contributed by atoms with E-state index in [9.17, 15) is 15.1 Å². The molecular weight excluding hydrogens is 276 g/mol. The number of nitrogens with zero attached hydrogens (tertiary/aromatic N) is 3. The Morgan fingerprint density at radius 3 is 2.90 bits per heavy atom. The maximum Gasteiger partial charge on any atom is 0.369 e. The highest BCUT2D eigenvalue weighted by Gasteiger charge is 2.37. The topological polar surface area (TPSA) is 97.2 Å². The van der Waals surface area contributed by atoms with E-state index in [2.05, 4.69) is 10.5 Å². The number of fused-ring (bicyclic) bond motifs is 1. The van der Waals surface area contributed by atoms with Gasteiger partial charge in [0, 0.05) is 18.1 Å². The molecule has 0 saturated heterocycles. The number of benzene rings is 1. The second-order valence-electron chi connectivity index (χ2n) is 4.60. The molecule has 1 amide bonds. The van der Waals surface area contributed by atoms with E-state index in [1.54, 1.807) is 24.3 Å². The molecule has 114 valence electrons. The van der Waals surface area contributed by atoms with Gasteiger partial charge in [-0.1, -0.05) is 25.5 Å². The van der Waals surface area contributed by atoms with E-state index in [1.165, 1.54) is 6.92 Å². The minimum Gasteiger partial charge on any atom is -0.565 e. The van der Waals surface area contributed by atoms with E-state index in [0.29, 0.717) is 12.1 Å². The SMILES string of the molecule is CCCCO[N+]1([O-])N=C(O)N(NC(C)=O)c2ccccc21. The van der Waals surface area contributed by atoms with E-state index >= 15 is 0 Å². The number of rotatable bonds is 5. The molecule has 21 heavy (non-hydrogen) atoms. The number of amides is 1. The number of anilines is 1. The number of aliphatic hydroxyl groups is 1. The maximum absolute atomic E-state index is 12.7. The molecule has 1 aromatic rings. The molecule has 0 fully saturated rings. The van der Waals surface area contributed by atoms with Crippen molar-refractivity contribution in [2.45, 2.75) is 26.7 Å². The fourth-order valence-electron chi connectivity index (χ4n) is 1.91. The lowest BCUT2D eigenvalue weighted by molar-refractivity contribution is -0.120. The molecule has 1 atom stereocenters. The third-order valence-corrected chi connectivity index (χ3v) is 2.88. The van der Waals surface area contributed by atoms with Crippen LogP contribution >= 0.6 is 0 Å². The van der Waals surface area contributed by atoms with E-state index in [-0.39, 0.29) is 12.3 Å². The van der Waals surface area contributed by atoms with Crippen LogP contribution < -0.4 is 15.4 Å². The summed E-state index contributed by atoms with van der Waals surface area (Å²) in [5.41, 5.74) is 2.89. The average Bonchev–Trinajstić information content (AvgIpc) is 2.44. The molecular formula is C13H18N4O4. The van der Waals surface area contributed by atoms with Crippen LogP contribution in [0.1, 0.15) is 26.7 Å². The van der Waals surface area contributed by atoms with Gasteiger partial charge in [-0.3, -0.25) is 10.2 Å². The summed E-state index contributed by atoms with van der Waals surface area (Å²) in [6.07, 6.45) is 1.57. The molecule has 1 aromatic carbocycles. The quantitative estimate of drug-likeness (QED) is 0.491. The van der Waals surface area contributed by atoms with Crippen molar-refractivity contribution >= 4 is 23.3 Å². The van der Waals surface area contributed by atoms with Crippen LogP contribution in [-0.2, 0) is 9.63 Å². The summed E-state index contributed by atoms with van der Waals surface area (Å²) in [5, 5.41) is 27.3. The summed E-state index contributed by atoms with van der Waals surface area (Å²) in [7, 11) is 0. The average molecular weight is 294 g/mol. The highest BCUT2D eigenvalue weighted by molar-refractivity contribution is 5.98. The molecule has 0 saturated carbocycles. The molecule has 0 spiro atoms. The van der Waals surface area contributed by atoms with Crippen LogP contribution in [0.25, 0.3) is 0 Å². The number of quaternary nitrogens is 1. The van der Waals surface area contributed by atoms with Crippen molar-refractivity contribution < 1.29 is 14.7 Å². The lowest BCUT2D eigenvalue weighted by Crippen LogP contribution is -2.53. The first-order valence-corrected chi connectivity index (χ1v) is 6.68. The number of carbonyl (C=O) groups excluding carboxylic acids is 1. The minimum atomic E-state index is -1.46. The number of carbonyl (C=O) groups is 1. The fourth-order valence-corrected chi connectivity index (χ4v) is 1.91. The lowest BCUT2D eigenvalue weighted by Gasteiger charge is -2.38. The molecule has 0 bridgehead atoms. The van der Waals surface area contributed by atoms with Gasteiger partial charge in [0.2, 0.25) is 11.6 Å². The number of hydrazine groups is 1. The van der Waals surface area contributed by atoms with Crippen molar-refractivity contribution in [2.24, 2.45) is 5.10 Å². The Bertz CT molecular complexity index is 563. The molecule has 0 radical (unpaired) electrons. The van der Waals surface area contributed by atoms with Crippen molar-refractivity contribution in [1.82, 2.24) is 10.3 Å². The molecule has 0 aromatic heterocycles. The molecule has 8 nitrogen and oxygen atoms in total. The van der Waals surface area contributed by atoms with Gasteiger partial charge < -0.3 is 10.3 Å². The van der Waals surface area contributed by atoms with Gasteiger partial charge >= 0.3 is 6.02 Å². The summed E-state index contributed by atoms with van der Waals surface area (Å²) in [6, 6.07) is 5.85. The van der Waals surface area contributed by atoms with Gasteiger partial charge in [-0.2, -0.15) is 9.85 Å². The Morgan fingerprint density at radius 2 is 2.24 bits per heavy atom. The second kappa shape index (κ2) is 6.08. The van der Waals surface area contributed by atoms with Gasteiger partial charge in [-0.15, -0.1) is 0 Å². The summed E-state index contributed by atoms with van der Waals surface area (Å²) >= 11 is 0. The molecule has 1 heterocycles. The standard InChI is InChI=1S/C13H18N4O4/c1-3-4-9-21-17(20)12-8-6-5-7-11(12)16(13(19)15-17)14-10(2)18/h5-8H,3-4,9H2,1-2H3,(H,14,18)(H,15,19). The monoisotopic (exact) mass is 294 g/mol. The van der Waals surface area contributed by atoms with Gasteiger partial charge in [0.05, 0.1) is 0 Å². The minimum absolute atomic E-state index is 0.181. The van der Waals surface area contributed by atoms with Crippen LogP contribution in [0.3, 0.4) is 0 Å². The predicted molar refractivity (Wildman–Crippen MR) is 78.8 cm³/mol. The smallest absolute Gasteiger partial charge is 0.369 e. The summed E-state index contributed by atoms with van der Waals surface area (Å²) < 4.78 is 0. The number of aliphatic hydroxyl groups excluding tert-OH is 1. The number of unbranched alkanes of at least 4 members (excludes halogenated alkanes) is 1. The van der Waals surface area contributed by atoms with Crippen LogP contribution in [0.2, 0.25) is 0 Å². The summed E-state index contributed by atoms with van der Waals surface area (Å²) in [6.45, 7) is 3.48. The number of para-hydroxylation sites is 1. The number of hydrogen-bond acceptors (Lipinski definition) is 5. The first kappa shape index (κ1) is 15.2. The zero-order valence-corrected chi connectivity index (χ0v) is 11.9. The number of amidine groups is 1. The van der Waals surface area contributed by atoms with Gasteiger partial charge in [0.25, 0.3) is 0 Å². The Kier molecular flexibility index (Phi) is 4.41. The molecule has 0 aliphatic carbocycles. The number of hydrogen-bond donors (Lipinski definition) is 2. The largest absolute Gasteiger partial charge is 0.565 e. The first-order valence-electron chi connectivity index (χ1n) is 6.68.